The van der Waals surface area contributed by atoms with Crippen LogP contribution in [-0.4, -0.2) is 28.8 Å². The molecule has 1 aromatic carbocycles. The summed E-state index contributed by atoms with van der Waals surface area (Å²) in [5.74, 6) is -0.663. The molecule has 0 aliphatic heterocycles. The molecule has 3 rings (SSSR count). The van der Waals surface area contributed by atoms with E-state index in [2.05, 4.69) is 10.4 Å². The van der Waals surface area contributed by atoms with E-state index in [9.17, 15) is 13.6 Å². The molecule has 1 heterocycles. The van der Waals surface area contributed by atoms with Crippen molar-refractivity contribution in [2.24, 2.45) is 5.92 Å². The van der Waals surface area contributed by atoms with E-state index < -0.39 is 11.6 Å². The van der Waals surface area contributed by atoms with E-state index in [1.165, 1.54) is 23.7 Å². The van der Waals surface area contributed by atoms with Crippen LogP contribution < -0.4 is 10.1 Å². The van der Waals surface area contributed by atoms with Crippen LogP contribution in [0.4, 0.5) is 8.78 Å². The van der Waals surface area contributed by atoms with Gasteiger partial charge in [0.1, 0.15) is 17.4 Å². The van der Waals surface area contributed by atoms with Gasteiger partial charge in [-0.2, -0.15) is 5.10 Å². The molecule has 0 saturated heterocycles. The Hall–Kier alpha value is -2.70. The third kappa shape index (κ3) is 5.15. The molecule has 0 atom stereocenters. The highest BCUT2D eigenvalue weighted by Gasteiger charge is 2.22. The number of rotatable bonds is 8. The standard InChI is InChI=1S/C19H21F2N3O2/c1-13(25)22-6-2-3-15-9-23-24(10-15)11-17-18(20)7-16(8-19(17)21)26-12-14-4-5-14/h2-3,7-10,14H,4-6,11-12H2,1H3,(H,22,25)/b3-2+. The van der Waals surface area contributed by atoms with Gasteiger partial charge in [-0.25, -0.2) is 8.78 Å². The number of halogens is 2. The lowest BCUT2D eigenvalue weighted by Crippen LogP contribution is -2.19. The summed E-state index contributed by atoms with van der Waals surface area (Å²) in [6, 6.07) is 2.44. The van der Waals surface area contributed by atoms with Crippen LogP contribution in [0, 0.1) is 17.6 Å². The molecule has 1 saturated carbocycles. The lowest BCUT2D eigenvalue weighted by Gasteiger charge is -2.10. The maximum atomic E-state index is 14.3. The van der Waals surface area contributed by atoms with Crippen LogP contribution in [0.15, 0.2) is 30.6 Å². The summed E-state index contributed by atoms with van der Waals surface area (Å²) in [5, 5.41) is 6.75. The van der Waals surface area contributed by atoms with Crippen molar-refractivity contribution < 1.29 is 18.3 Å². The van der Waals surface area contributed by atoms with Gasteiger partial charge in [0.05, 0.1) is 19.3 Å². The van der Waals surface area contributed by atoms with E-state index in [4.69, 9.17) is 4.74 Å². The van der Waals surface area contributed by atoms with Crippen molar-refractivity contribution in [2.45, 2.75) is 26.3 Å². The molecule has 138 valence electrons. The van der Waals surface area contributed by atoms with Gasteiger partial charge in [0, 0.05) is 42.9 Å². The number of carbonyl (C=O) groups is 1. The van der Waals surface area contributed by atoms with Crippen LogP contribution in [0.25, 0.3) is 6.08 Å². The summed E-state index contributed by atoms with van der Waals surface area (Å²) in [6.45, 7) is 2.34. The number of aromatic nitrogens is 2. The first kappa shape index (κ1) is 18.1. The van der Waals surface area contributed by atoms with Gasteiger partial charge < -0.3 is 10.1 Å². The normalized spacial score (nSPS) is 14.0. The summed E-state index contributed by atoms with van der Waals surface area (Å²) in [7, 11) is 0. The van der Waals surface area contributed by atoms with Gasteiger partial charge in [0.2, 0.25) is 5.91 Å². The van der Waals surface area contributed by atoms with Gasteiger partial charge in [0.25, 0.3) is 0 Å². The lowest BCUT2D eigenvalue weighted by molar-refractivity contribution is -0.118. The van der Waals surface area contributed by atoms with Gasteiger partial charge >= 0.3 is 0 Å². The highest BCUT2D eigenvalue weighted by atomic mass is 19.1. The first-order chi connectivity index (χ1) is 12.5. The SMILES string of the molecule is CC(=O)NC/C=C/c1cnn(Cc2c(F)cc(OCC3CC3)cc2F)c1. The highest BCUT2D eigenvalue weighted by Crippen LogP contribution is 2.30. The van der Waals surface area contributed by atoms with Crippen molar-refractivity contribution in [2.75, 3.05) is 13.2 Å². The van der Waals surface area contributed by atoms with Gasteiger partial charge in [0.15, 0.2) is 0 Å². The van der Waals surface area contributed by atoms with E-state index in [0.29, 0.717) is 19.1 Å². The molecule has 0 unspecified atom stereocenters. The number of amides is 1. The van der Waals surface area contributed by atoms with Crippen molar-refractivity contribution in [3.8, 4) is 5.75 Å². The molecule has 0 radical (unpaired) electrons. The topological polar surface area (TPSA) is 56.2 Å². The van der Waals surface area contributed by atoms with E-state index in [1.807, 2.05) is 0 Å². The number of ether oxygens (including phenoxy) is 1. The Labute approximate surface area is 150 Å². The van der Waals surface area contributed by atoms with Crippen LogP contribution in [0.2, 0.25) is 0 Å². The number of nitrogens with one attached hydrogen (secondary N) is 1. The summed E-state index contributed by atoms with van der Waals surface area (Å²) in [4.78, 5) is 10.8. The average molecular weight is 361 g/mol. The Kier molecular flexibility index (Phi) is 5.65. The van der Waals surface area contributed by atoms with Crippen molar-refractivity contribution in [3.05, 3.63) is 53.4 Å². The number of nitrogens with zero attached hydrogens (tertiary/aromatic N) is 2. The fourth-order valence-electron chi connectivity index (χ4n) is 2.42. The first-order valence-electron chi connectivity index (χ1n) is 8.55. The molecule has 1 amide bonds. The number of carbonyl (C=O) groups excluding carboxylic acids is 1. The van der Waals surface area contributed by atoms with Crippen LogP contribution in [0.5, 0.6) is 5.75 Å². The minimum atomic E-state index is -0.644. The average Bonchev–Trinajstić information content (AvgIpc) is 3.31. The molecule has 1 aliphatic carbocycles. The fourth-order valence-corrected chi connectivity index (χ4v) is 2.42. The predicted octanol–water partition coefficient (Wildman–Crippen LogP) is 3.15. The van der Waals surface area contributed by atoms with E-state index in [-0.39, 0.29) is 23.8 Å². The molecule has 1 fully saturated rings. The summed E-state index contributed by atoms with van der Waals surface area (Å²) < 4.78 is 35.4. The van der Waals surface area contributed by atoms with Crippen molar-refractivity contribution in [1.82, 2.24) is 15.1 Å². The Morgan fingerprint density at radius 3 is 2.77 bits per heavy atom. The Morgan fingerprint density at radius 1 is 1.38 bits per heavy atom. The minimum absolute atomic E-state index is 0.0138. The van der Waals surface area contributed by atoms with Gasteiger partial charge in [-0.05, 0) is 18.8 Å². The lowest BCUT2D eigenvalue weighted by atomic mass is 10.2. The fraction of sp³-hybridized carbons (Fsp3) is 0.368. The van der Waals surface area contributed by atoms with Crippen molar-refractivity contribution in [1.29, 1.82) is 0 Å². The zero-order valence-corrected chi connectivity index (χ0v) is 14.5. The van der Waals surface area contributed by atoms with Gasteiger partial charge in [-0.1, -0.05) is 12.2 Å². The number of hydrogen-bond donors (Lipinski definition) is 1. The molecule has 1 aliphatic rings. The van der Waals surface area contributed by atoms with E-state index >= 15 is 0 Å². The second kappa shape index (κ2) is 8.12. The maximum Gasteiger partial charge on any atom is 0.217 e. The third-order valence-corrected chi connectivity index (χ3v) is 4.05. The van der Waals surface area contributed by atoms with Crippen LogP contribution in [-0.2, 0) is 11.3 Å². The Balaban J connectivity index is 1.62. The smallest absolute Gasteiger partial charge is 0.217 e. The van der Waals surface area contributed by atoms with Crippen LogP contribution in [0.1, 0.15) is 30.9 Å². The van der Waals surface area contributed by atoms with Crippen molar-refractivity contribution >= 4 is 12.0 Å². The molecule has 26 heavy (non-hydrogen) atoms. The molecular formula is C19H21F2N3O2. The quantitative estimate of drug-likeness (QED) is 0.786. The minimum Gasteiger partial charge on any atom is -0.493 e. The molecular weight excluding hydrogens is 340 g/mol. The van der Waals surface area contributed by atoms with E-state index in [1.54, 1.807) is 24.5 Å². The van der Waals surface area contributed by atoms with E-state index in [0.717, 1.165) is 18.4 Å². The summed E-state index contributed by atoms with van der Waals surface area (Å²) >= 11 is 0. The molecule has 0 bridgehead atoms. The second-order valence-corrected chi connectivity index (χ2v) is 6.43. The molecule has 7 heteroatoms. The zero-order chi connectivity index (χ0) is 18.5. The number of benzene rings is 1. The summed E-state index contributed by atoms with van der Waals surface area (Å²) in [6.07, 6.45) is 9.05. The molecule has 2 aromatic rings. The predicted molar refractivity (Wildman–Crippen MR) is 93.6 cm³/mol. The zero-order valence-electron chi connectivity index (χ0n) is 14.5. The largest absolute Gasteiger partial charge is 0.493 e. The first-order valence-corrected chi connectivity index (χ1v) is 8.55. The Bertz CT molecular complexity index is 790. The van der Waals surface area contributed by atoms with Crippen molar-refractivity contribution in [3.63, 3.8) is 0 Å². The molecule has 1 aromatic heterocycles. The Morgan fingerprint density at radius 2 is 2.12 bits per heavy atom. The molecule has 1 N–H and O–H groups in total. The highest BCUT2D eigenvalue weighted by molar-refractivity contribution is 5.73. The van der Waals surface area contributed by atoms with Gasteiger partial charge in [-0.3, -0.25) is 9.48 Å². The summed E-state index contributed by atoms with van der Waals surface area (Å²) in [5.41, 5.74) is 0.723. The number of hydrogen-bond acceptors (Lipinski definition) is 3. The van der Waals surface area contributed by atoms with Gasteiger partial charge in [-0.15, -0.1) is 0 Å². The van der Waals surface area contributed by atoms with Crippen LogP contribution in [0.3, 0.4) is 0 Å². The second-order valence-electron chi connectivity index (χ2n) is 6.43. The molecule has 5 nitrogen and oxygen atoms in total. The molecule has 0 spiro atoms. The monoisotopic (exact) mass is 361 g/mol. The maximum absolute atomic E-state index is 14.3. The van der Waals surface area contributed by atoms with Crippen LogP contribution >= 0.6 is 0 Å². The third-order valence-electron chi connectivity index (χ3n) is 4.05.